The van der Waals surface area contributed by atoms with Crippen molar-refractivity contribution in [2.45, 2.75) is 26.2 Å². The highest BCUT2D eigenvalue weighted by atomic mass is 32.1. The number of aliphatic hydroxyl groups excluding tert-OH is 1. The number of hydrogen-bond donors (Lipinski definition) is 1. The van der Waals surface area contributed by atoms with Gasteiger partial charge in [0, 0.05) is 10.3 Å². The van der Waals surface area contributed by atoms with Gasteiger partial charge in [-0.15, -0.1) is 22.7 Å². The van der Waals surface area contributed by atoms with E-state index in [1.807, 2.05) is 19.9 Å². The van der Waals surface area contributed by atoms with Gasteiger partial charge in [0.05, 0.1) is 17.2 Å². The molecule has 4 heteroatoms. The van der Waals surface area contributed by atoms with Crippen molar-refractivity contribution in [1.82, 2.24) is 4.98 Å². The minimum Gasteiger partial charge on any atom is -0.395 e. The fraction of sp³-hybridized carbons (Fsp3) is 0.417. The predicted molar refractivity (Wildman–Crippen MR) is 70.3 cm³/mol. The molecule has 0 saturated heterocycles. The molecule has 0 unspecified atom stereocenters. The summed E-state index contributed by atoms with van der Waals surface area (Å²) < 4.78 is 0. The minimum absolute atomic E-state index is 0.129. The Kier molecular flexibility index (Phi) is 3.15. The van der Waals surface area contributed by atoms with Crippen molar-refractivity contribution in [3.05, 3.63) is 27.4 Å². The number of nitrogens with zero attached hydrogens (tertiary/aromatic N) is 1. The van der Waals surface area contributed by atoms with Crippen LogP contribution in [0.25, 0.3) is 10.6 Å². The Bertz CT molecular complexity index is 471. The van der Waals surface area contributed by atoms with E-state index < -0.39 is 0 Å². The van der Waals surface area contributed by atoms with Gasteiger partial charge in [-0.3, -0.25) is 0 Å². The summed E-state index contributed by atoms with van der Waals surface area (Å²) in [6, 6.07) is 4.12. The van der Waals surface area contributed by atoms with Gasteiger partial charge in [0.15, 0.2) is 0 Å². The smallest absolute Gasteiger partial charge is 0.101 e. The van der Waals surface area contributed by atoms with Crippen LogP contribution in [0.15, 0.2) is 17.5 Å². The summed E-state index contributed by atoms with van der Waals surface area (Å²) in [5, 5.41) is 12.4. The summed E-state index contributed by atoms with van der Waals surface area (Å²) in [6.07, 6.45) is 0. The lowest BCUT2D eigenvalue weighted by molar-refractivity contribution is 0.218. The number of thiophene rings is 1. The Morgan fingerprint density at radius 2 is 2.19 bits per heavy atom. The van der Waals surface area contributed by atoms with E-state index in [4.69, 9.17) is 0 Å². The van der Waals surface area contributed by atoms with Gasteiger partial charge in [-0.1, -0.05) is 19.9 Å². The molecule has 0 saturated carbocycles. The third-order valence-electron chi connectivity index (χ3n) is 2.53. The zero-order valence-electron chi connectivity index (χ0n) is 9.65. The van der Waals surface area contributed by atoms with Crippen molar-refractivity contribution >= 4 is 22.7 Å². The second-order valence-corrected chi connectivity index (χ2v) is 6.59. The molecule has 0 aliphatic heterocycles. The molecule has 0 radical (unpaired) electrons. The van der Waals surface area contributed by atoms with Crippen molar-refractivity contribution in [3.8, 4) is 10.6 Å². The van der Waals surface area contributed by atoms with Crippen LogP contribution in [-0.4, -0.2) is 16.7 Å². The summed E-state index contributed by atoms with van der Waals surface area (Å²) in [7, 11) is 0. The van der Waals surface area contributed by atoms with Crippen LogP contribution >= 0.6 is 22.7 Å². The average Bonchev–Trinajstić information content (AvgIpc) is 2.86. The Labute approximate surface area is 104 Å². The van der Waals surface area contributed by atoms with Gasteiger partial charge < -0.3 is 5.11 Å². The van der Waals surface area contributed by atoms with Crippen LogP contribution < -0.4 is 0 Å². The zero-order chi connectivity index (χ0) is 11.8. The van der Waals surface area contributed by atoms with Gasteiger partial charge >= 0.3 is 0 Å². The number of aromatic nitrogens is 1. The number of aliphatic hydroxyl groups is 1. The molecular formula is C12H15NOS2. The highest BCUT2D eigenvalue weighted by Gasteiger charge is 2.25. The van der Waals surface area contributed by atoms with Crippen molar-refractivity contribution in [1.29, 1.82) is 0 Å². The number of thiazole rings is 1. The van der Waals surface area contributed by atoms with Gasteiger partial charge in [-0.05, 0) is 18.4 Å². The molecule has 0 bridgehead atoms. The van der Waals surface area contributed by atoms with Gasteiger partial charge in [-0.2, -0.15) is 0 Å². The summed E-state index contributed by atoms with van der Waals surface area (Å²) >= 11 is 3.38. The van der Waals surface area contributed by atoms with E-state index in [1.165, 1.54) is 9.75 Å². The molecule has 1 N–H and O–H groups in total. The Balaban J connectivity index is 2.44. The SMILES string of the molecule is Cc1sc(C(C)(C)CO)nc1-c1cccs1. The monoisotopic (exact) mass is 253 g/mol. The first-order valence-electron chi connectivity index (χ1n) is 5.17. The molecule has 2 aromatic heterocycles. The van der Waals surface area contributed by atoms with Crippen molar-refractivity contribution in [2.75, 3.05) is 6.61 Å². The van der Waals surface area contributed by atoms with Gasteiger partial charge in [0.2, 0.25) is 0 Å². The van der Waals surface area contributed by atoms with E-state index in [1.54, 1.807) is 22.7 Å². The van der Waals surface area contributed by atoms with E-state index in [0.29, 0.717) is 0 Å². The first kappa shape index (κ1) is 11.8. The van der Waals surface area contributed by atoms with E-state index in [9.17, 15) is 5.11 Å². The van der Waals surface area contributed by atoms with E-state index in [2.05, 4.69) is 23.4 Å². The van der Waals surface area contributed by atoms with E-state index in [-0.39, 0.29) is 12.0 Å². The quantitative estimate of drug-likeness (QED) is 0.909. The second-order valence-electron chi connectivity index (χ2n) is 4.44. The summed E-state index contributed by atoms with van der Waals surface area (Å²) in [5.74, 6) is 0. The molecule has 0 aliphatic rings. The van der Waals surface area contributed by atoms with Crippen LogP contribution in [0.5, 0.6) is 0 Å². The fourth-order valence-electron chi connectivity index (χ4n) is 1.40. The topological polar surface area (TPSA) is 33.1 Å². The molecule has 2 rings (SSSR count). The maximum atomic E-state index is 9.35. The third kappa shape index (κ3) is 2.05. The first-order chi connectivity index (χ1) is 7.54. The minimum atomic E-state index is -0.245. The molecule has 2 nitrogen and oxygen atoms in total. The first-order valence-corrected chi connectivity index (χ1v) is 6.87. The molecule has 0 spiro atoms. The molecule has 2 aromatic rings. The molecule has 0 fully saturated rings. The standard InChI is InChI=1S/C12H15NOS2/c1-8-10(9-5-4-6-15-9)13-11(16-8)12(2,3)7-14/h4-6,14H,7H2,1-3H3. The molecule has 0 atom stereocenters. The largest absolute Gasteiger partial charge is 0.395 e. The van der Waals surface area contributed by atoms with Gasteiger partial charge in [-0.25, -0.2) is 4.98 Å². The summed E-state index contributed by atoms with van der Waals surface area (Å²) in [6.45, 7) is 6.25. The molecule has 2 heterocycles. The molecule has 0 aromatic carbocycles. The van der Waals surface area contributed by atoms with Gasteiger partial charge in [0.25, 0.3) is 0 Å². The van der Waals surface area contributed by atoms with Crippen molar-refractivity contribution < 1.29 is 5.11 Å². The number of aryl methyl sites for hydroxylation is 1. The van der Waals surface area contributed by atoms with Crippen LogP contribution in [0.4, 0.5) is 0 Å². The molecule has 0 aliphatic carbocycles. The zero-order valence-corrected chi connectivity index (χ0v) is 11.3. The lowest BCUT2D eigenvalue weighted by atomic mass is 9.96. The molecular weight excluding hydrogens is 238 g/mol. The molecule has 86 valence electrons. The molecule has 0 amide bonds. The third-order valence-corrected chi connectivity index (χ3v) is 4.74. The normalized spacial score (nSPS) is 12.0. The lowest BCUT2D eigenvalue weighted by Gasteiger charge is -2.17. The maximum absolute atomic E-state index is 9.35. The number of hydrogen-bond acceptors (Lipinski definition) is 4. The lowest BCUT2D eigenvalue weighted by Crippen LogP contribution is -2.21. The van der Waals surface area contributed by atoms with E-state index in [0.717, 1.165) is 10.7 Å². The van der Waals surface area contributed by atoms with E-state index >= 15 is 0 Å². The average molecular weight is 253 g/mol. The Morgan fingerprint density at radius 1 is 1.44 bits per heavy atom. The highest BCUT2D eigenvalue weighted by molar-refractivity contribution is 7.15. The van der Waals surface area contributed by atoms with Crippen LogP contribution in [0.3, 0.4) is 0 Å². The van der Waals surface area contributed by atoms with Gasteiger partial charge in [0.1, 0.15) is 5.01 Å². The maximum Gasteiger partial charge on any atom is 0.101 e. The fourth-order valence-corrected chi connectivity index (χ4v) is 3.25. The second kappa shape index (κ2) is 4.28. The highest BCUT2D eigenvalue weighted by Crippen LogP contribution is 2.35. The van der Waals surface area contributed by atoms with Crippen LogP contribution in [0, 0.1) is 6.92 Å². The predicted octanol–water partition coefficient (Wildman–Crippen LogP) is 3.45. The molecule has 16 heavy (non-hydrogen) atoms. The van der Waals surface area contributed by atoms with Crippen LogP contribution in [-0.2, 0) is 5.41 Å². The van der Waals surface area contributed by atoms with Crippen molar-refractivity contribution in [3.63, 3.8) is 0 Å². The Hall–Kier alpha value is -0.710. The summed E-state index contributed by atoms with van der Waals surface area (Å²) in [5.41, 5.74) is 0.821. The summed E-state index contributed by atoms with van der Waals surface area (Å²) in [4.78, 5) is 7.09. The van der Waals surface area contributed by atoms with Crippen molar-refractivity contribution in [2.24, 2.45) is 0 Å². The van der Waals surface area contributed by atoms with Crippen LogP contribution in [0.1, 0.15) is 23.7 Å². The van der Waals surface area contributed by atoms with Crippen LogP contribution in [0.2, 0.25) is 0 Å². The Morgan fingerprint density at radius 3 is 2.75 bits per heavy atom. The number of rotatable bonds is 3.